The lowest BCUT2D eigenvalue weighted by Crippen LogP contribution is -2.09. The second-order valence-corrected chi connectivity index (χ2v) is 2.86. The van der Waals surface area contributed by atoms with E-state index in [9.17, 15) is 4.79 Å². The van der Waals surface area contributed by atoms with Gasteiger partial charge >= 0.3 is 5.97 Å². The number of halogens is 1. The van der Waals surface area contributed by atoms with E-state index in [0.29, 0.717) is 12.3 Å². The van der Waals surface area contributed by atoms with Gasteiger partial charge in [-0.1, -0.05) is 29.3 Å². The number of carbonyl (C=O) groups is 1. The van der Waals surface area contributed by atoms with Crippen LogP contribution in [0.5, 0.6) is 0 Å². The number of alkyl halides is 1. The van der Waals surface area contributed by atoms with Crippen molar-refractivity contribution in [2.24, 2.45) is 5.92 Å². The van der Waals surface area contributed by atoms with E-state index in [1.807, 2.05) is 0 Å². The maximum absolute atomic E-state index is 10.7. The fourth-order valence-corrected chi connectivity index (χ4v) is 1.31. The third-order valence-electron chi connectivity index (χ3n) is 1.48. The Balaban J connectivity index is 3.52. The quantitative estimate of drug-likeness (QED) is 0.522. The van der Waals surface area contributed by atoms with Crippen LogP contribution in [0.1, 0.15) is 19.8 Å². The lowest BCUT2D eigenvalue weighted by molar-refractivity contribution is -0.141. The molecule has 60 valence electrons. The molecule has 3 heteroatoms. The molecule has 0 saturated carbocycles. The van der Waals surface area contributed by atoms with Gasteiger partial charge < -0.3 is 4.74 Å². The van der Waals surface area contributed by atoms with Crippen molar-refractivity contribution in [3.05, 3.63) is 0 Å². The molecule has 0 aromatic rings. The third kappa shape index (κ3) is 3.88. The number of esters is 1. The highest BCUT2D eigenvalue weighted by atomic mass is 79.9. The van der Waals surface area contributed by atoms with Crippen LogP contribution in [0.25, 0.3) is 0 Å². The Labute approximate surface area is 70.1 Å². The summed E-state index contributed by atoms with van der Waals surface area (Å²) < 4.78 is 4.52. The zero-order valence-corrected chi connectivity index (χ0v) is 7.98. The van der Waals surface area contributed by atoms with E-state index < -0.39 is 0 Å². The third-order valence-corrected chi connectivity index (χ3v) is 2.39. The number of ether oxygens (including phenoxy) is 1. The van der Waals surface area contributed by atoms with Gasteiger partial charge in [-0.2, -0.15) is 0 Å². The first-order valence-electron chi connectivity index (χ1n) is 3.37. The average molecular weight is 209 g/mol. The van der Waals surface area contributed by atoms with Gasteiger partial charge in [0.2, 0.25) is 0 Å². The van der Waals surface area contributed by atoms with E-state index in [2.05, 4.69) is 27.6 Å². The van der Waals surface area contributed by atoms with E-state index in [-0.39, 0.29) is 5.97 Å². The average Bonchev–Trinajstić information content (AvgIpc) is 1.99. The SMILES string of the molecule is CCC(CBr)CC(=O)OC. The fraction of sp³-hybridized carbons (Fsp3) is 0.857. The zero-order valence-electron chi connectivity index (χ0n) is 6.39. The van der Waals surface area contributed by atoms with Crippen LogP contribution in [0.2, 0.25) is 0 Å². The van der Waals surface area contributed by atoms with Gasteiger partial charge in [0.25, 0.3) is 0 Å². The van der Waals surface area contributed by atoms with Gasteiger partial charge in [0.1, 0.15) is 0 Å². The standard InChI is InChI=1S/C7H13BrO2/c1-3-6(5-8)4-7(9)10-2/h6H,3-5H2,1-2H3. The Morgan fingerprint density at radius 1 is 1.70 bits per heavy atom. The van der Waals surface area contributed by atoms with Gasteiger partial charge in [0.15, 0.2) is 0 Å². The lowest BCUT2D eigenvalue weighted by Gasteiger charge is -2.07. The summed E-state index contributed by atoms with van der Waals surface area (Å²) >= 11 is 3.33. The Morgan fingerprint density at radius 2 is 2.30 bits per heavy atom. The Bertz CT molecular complexity index is 99.8. The molecular formula is C7H13BrO2. The molecule has 0 aliphatic carbocycles. The van der Waals surface area contributed by atoms with Gasteiger partial charge in [-0.05, 0) is 5.92 Å². The minimum absolute atomic E-state index is 0.119. The van der Waals surface area contributed by atoms with E-state index >= 15 is 0 Å². The molecular weight excluding hydrogens is 196 g/mol. The van der Waals surface area contributed by atoms with Gasteiger partial charge in [-0.3, -0.25) is 4.79 Å². The maximum atomic E-state index is 10.7. The van der Waals surface area contributed by atoms with Crippen molar-refractivity contribution in [2.75, 3.05) is 12.4 Å². The molecule has 0 bridgehead atoms. The van der Waals surface area contributed by atoms with E-state index in [1.165, 1.54) is 7.11 Å². The number of methoxy groups -OCH3 is 1. The van der Waals surface area contributed by atoms with Crippen LogP contribution in [0.4, 0.5) is 0 Å². The Kier molecular flexibility index (Phi) is 5.69. The second kappa shape index (κ2) is 5.71. The molecule has 1 atom stereocenters. The number of hydrogen-bond acceptors (Lipinski definition) is 2. The summed E-state index contributed by atoms with van der Waals surface area (Å²) in [4.78, 5) is 10.7. The first-order chi connectivity index (χ1) is 4.74. The molecule has 0 amide bonds. The van der Waals surface area contributed by atoms with Gasteiger partial charge in [-0.15, -0.1) is 0 Å². The molecule has 0 heterocycles. The fourth-order valence-electron chi connectivity index (χ4n) is 0.627. The number of rotatable bonds is 4. The van der Waals surface area contributed by atoms with Crippen LogP contribution < -0.4 is 0 Å². The van der Waals surface area contributed by atoms with Crippen LogP contribution in [0.15, 0.2) is 0 Å². The molecule has 0 radical (unpaired) electrons. The van der Waals surface area contributed by atoms with Crippen LogP contribution >= 0.6 is 15.9 Å². The number of hydrogen-bond donors (Lipinski definition) is 0. The predicted molar refractivity (Wildman–Crippen MR) is 44.2 cm³/mol. The van der Waals surface area contributed by atoms with Crippen LogP contribution in [0.3, 0.4) is 0 Å². The van der Waals surface area contributed by atoms with Crippen molar-refractivity contribution < 1.29 is 9.53 Å². The highest BCUT2D eigenvalue weighted by molar-refractivity contribution is 9.09. The molecule has 0 aromatic carbocycles. The van der Waals surface area contributed by atoms with Gasteiger partial charge in [0, 0.05) is 11.8 Å². The molecule has 0 rings (SSSR count). The summed E-state index contributed by atoms with van der Waals surface area (Å²) in [7, 11) is 1.42. The predicted octanol–water partition coefficient (Wildman–Crippen LogP) is 1.97. The highest BCUT2D eigenvalue weighted by Crippen LogP contribution is 2.11. The summed E-state index contributed by atoms with van der Waals surface area (Å²) in [5.74, 6) is 0.304. The van der Waals surface area contributed by atoms with E-state index in [0.717, 1.165) is 11.8 Å². The van der Waals surface area contributed by atoms with Crippen molar-refractivity contribution in [2.45, 2.75) is 19.8 Å². The summed E-state index contributed by atoms with van der Waals surface area (Å²) in [5.41, 5.74) is 0. The first kappa shape index (κ1) is 9.95. The van der Waals surface area contributed by atoms with Crippen molar-refractivity contribution in [1.82, 2.24) is 0 Å². The highest BCUT2D eigenvalue weighted by Gasteiger charge is 2.09. The topological polar surface area (TPSA) is 26.3 Å². The molecule has 0 N–H and O–H groups in total. The molecule has 0 aromatic heterocycles. The monoisotopic (exact) mass is 208 g/mol. The largest absolute Gasteiger partial charge is 0.469 e. The molecule has 2 nitrogen and oxygen atoms in total. The smallest absolute Gasteiger partial charge is 0.305 e. The molecule has 0 fully saturated rings. The molecule has 10 heavy (non-hydrogen) atoms. The van der Waals surface area contributed by atoms with Gasteiger partial charge in [0.05, 0.1) is 7.11 Å². The first-order valence-corrected chi connectivity index (χ1v) is 4.49. The zero-order chi connectivity index (χ0) is 7.98. The van der Waals surface area contributed by atoms with E-state index in [4.69, 9.17) is 0 Å². The molecule has 1 unspecified atom stereocenters. The second-order valence-electron chi connectivity index (χ2n) is 2.21. The maximum Gasteiger partial charge on any atom is 0.305 e. The Hall–Kier alpha value is -0.0500. The summed E-state index contributed by atoms with van der Waals surface area (Å²) in [6, 6.07) is 0. The Morgan fingerprint density at radius 3 is 2.60 bits per heavy atom. The van der Waals surface area contributed by atoms with E-state index in [1.54, 1.807) is 0 Å². The van der Waals surface area contributed by atoms with Crippen molar-refractivity contribution in [1.29, 1.82) is 0 Å². The molecule has 0 spiro atoms. The van der Waals surface area contributed by atoms with Crippen molar-refractivity contribution >= 4 is 21.9 Å². The molecule has 0 saturated heterocycles. The lowest BCUT2D eigenvalue weighted by atomic mass is 10.1. The number of carbonyl (C=O) groups excluding carboxylic acids is 1. The van der Waals surface area contributed by atoms with Crippen molar-refractivity contribution in [3.8, 4) is 0 Å². The van der Waals surface area contributed by atoms with Crippen molar-refractivity contribution in [3.63, 3.8) is 0 Å². The van der Waals surface area contributed by atoms with Gasteiger partial charge in [-0.25, -0.2) is 0 Å². The summed E-state index contributed by atoms with van der Waals surface area (Å²) in [5, 5.41) is 0.874. The normalized spacial score (nSPS) is 12.7. The summed E-state index contributed by atoms with van der Waals surface area (Å²) in [6.07, 6.45) is 1.54. The minimum atomic E-state index is -0.119. The summed E-state index contributed by atoms with van der Waals surface area (Å²) in [6.45, 7) is 2.06. The van der Waals surface area contributed by atoms with Crippen LogP contribution in [0, 0.1) is 5.92 Å². The molecule has 0 aliphatic rings. The van der Waals surface area contributed by atoms with Crippen LogP contribution in [-0.4, -0.2) is 18.4 Å². The van der Waals surface area contributed by atoms with Crippen LogP contribution in [-0.2, 0) is 9.53 Å². The minimum Gasteiger partial charge on any atom is -0.469 e. The molecule has 0 aliphatic heterocycles.